The number of carbonyl (C=O) groups is 1. The van der Waals surface area contributed by atoms with Crippen molar-refractivity contribution in [3.8, 4) is 5.75 Å². The minimum atomic E-state index is -0.402. The molecule has 25 heavy (non-hydrogen) atoms. The summed E-state index contributed by atoms with van der Waals surface area (Å²) in [5, 5.41) is 6.67. The van der Waals surface area contributed by atoms with Gasteiger partial charge in [0.05, 0.1) is 13.3 Å². The Labute approximate surface area is 148 Å². The van der Waals surface area contributed by atoms with Gasteiger partial charge in [-0.2, -0.15) is 5.10 Å². The Bertz CT molecular complexity index is 713. The molecule has 6 nitrogen and oxygen atoms in total. The van der Waals surface area contributed by atoms with E-state index in [1.165, 1.54) is 0 Å². The molecule has 0 aromatic heterocycles. The summed E-state index contributed by atoms with van der Waals surface area (Å²) in [6.07, 6.45) is 1.56. The van der Waals surface area contributed by atoms with E-state index in [0.29, 0.717) is 11.4 Å². The number of nitrogens with one attached hydrogen (secondary N) is 2. The van der Waals surface area contributed by atoms with Crippen LogP contribution in [0.25, 0.3) is 0 Å². The van der Waals surface area contributed by atoms with Gasteiger partial charge in [-0.15, -0.1) is 0 Å². The zero-order valence-corrected chi connectivity index (χ0v) is 14.8. The molecule has 0 unspecified atom stereocenters. The second-order valence-corrected chi connectivity index (χ2v) is 5.29. The maximum atomic E-state index is 11.8. The van der Waals surface area contributed by atoms with Crippen LogP contribution >= 0.6 is 0 Å². The van der Waals surface area contributed by atoms with Crippen molar-refractivity contribution in [1.82, 2.24) is 5.43 Å². The van der Waals surface area contributed by atoms with Crippen LogP contribution in [0.3, 0.4) is 0 Å². The van der Waals surface area contributed by atoms with E-state index in [1.54, 1.807) is 25.5 Å². The van der Waals surface area contributed by atoms with Gasteiger partial charge < -0.3 is 15.0 Å². The summed E-state index contributed by atoms with van der Waals surface area (Å²) in [5.41, 5.74) is 5.03. The van der Waals surface area contributed by atoms with Gasteiger partial charge >= 0.3 is 6.03 Å². The minimum Gasteiger partial charge on any atom is -0.496 e. The monoisotopic (exact) mass is 340 g/mol. The summed E-state index contributed by atoms with van der Waals surface area (Å²) in [4.78, 5) is 14.0. The smallest absolute Gasteiger partial charge is 0.339 e. The Morgan fingerprint density at radius 2 is 1.88 bits per heavy atom. The molecule has 0 aliphatic heterocycles. The zero-order valence-electron chi connectivity index (χ0n) is 14.8. The summed E-state index contributed by atoms with van der Waals surface area (Å²) < 4.78 is 5.43. The number of hydrogen-bond donors (Lipinski definition) is 2. The van der Waals surface area contributed by atoms with Crippen LogP contribution in [0.1, 0.15) is 19.4 Å². The largest absolute Gasteiger partial charge is 0.496 e. The number of para-hydroxylation sites is 1. The fraction of sp³-hybridized carbons (Fsp3) is 0.263. The van der Waals surface area contributed by atoms with Crippen LogP contribution < -0.4 is 20.4 Å². The molecule has 2 amide bonds. The van der Waals surface area contributed by atoms with Crippen molar-refractivity contribution in [2.75, 3.05) is 30.4 Å². The van der Waals surface area contributed by atoms with Gasteiger partial charge in [-0.25, -0.2) is 10.2 Å². The number of nitrogens with zero attached hydrogens (tertiary/aromatic N) is 2. The molecule has 0 atom stereocenters. The van der Waals surface area contributed by atoms with E-state index < -0.39 is 6.03 Å². The predicted molar refractivity (Wildman–Crippen MR) is 103 cm³/mol. The maximum absolute atomic E-state index is 11.8. The van der Waals surface area contributed by atoms with Gasteiger partial charge in [0.25, 0.3) is 0 Å². The summed E-state index contributed by atoms with van der Waals surface area (Å²) in [6.45, 7) is 6.07. The third kappa shape index (κ3) is 5.24. The van der Waals surface area contributed by atoms with Crippen LogP contribution in [0.5, 0.6) is 5.75 Å². The molecule has 2 N–H and O–H groups in total. The molecule has 0 aliphatic carbocycles. The van der Waals surface area contributed by atoms with Crippen molar-refractivity contribution >= 4 is 23.6 Å². The van der Waals surface area contributed by atoms with Gasteiger partial charge in [0.15, 0.2) is 0 Å². The molecule has 2 rings (SSSR count). The van der Waals surface area contributed by atoms with E-state index in [9.17, 15) is 4.79 Å². The van der Waals surface area contributed by atoms with Crippen molar-refractivity contribution in [3.63, 3.8) is 0 Å². The van der Waals surface area contributed by atoms with Crippen molar-refractivity contribution in [1.29, 1.82) is 0 Å². The highest BCUT2D eigenvalue weighted by Crippen LogP contribution is 2.24. The van der Waals surface area contributed by atoms with Gasteiger partial charge in [-0.3, -0.25) is 0 Å². The standard InChI is InChI=1S/C19H24N4O2/c1-4-23(5-2)17-12-11-15(18(13-17)25-3)14-20-22-19(24)21-16-9-7-6-8-10-16/h6-14H,4-5H2,1-3H3,(H2,21,22,24)/b20-14+. The fourth-order valence-corrected chi connectivity index (χ4v) is 2.43. The van der Waals surface area contributed by atoms with Crippen LogP contribution in [0.2, 0.25) is 0 Å². The van der Waals surface area contributed by atoms with Crippen molar-refractivity contribution < 1.29 is 9.53 Å². The van der Waals surface area contributed by atoms with Crippen LogP contribution in [0, 0.1) is 0 Å². The molecular formula is C19H24N4O2. The molecule has 0 heterocycles. The number of amides is 2. The number of benzene rings is 2. The number of hydrazone groups is 1. The first-order valence-electron chi connectivity index (χ1n) is 8.26. The predicted octanol–water partition coefficient (Wildman–Crippen LogP) is 3.70. The first-order valence-corrected chi connectivity index (χ1v) is 8.26. The normalized spacial score (nSPS) is 10.5. The van der Waals surface area contributed by atoms with Gasteiger partial charge in [0.1, 0.15) is 5.75 Å². The fourth-order valence-electron chi connectivity index (χ4n) is 2.43. The number of ether oxygens (including phenoxy) is 1. The molecule has 0 fully saturated rings. The highest BCUT2D eigenvalue weighted by molar-refractivity contribution is 5.91. The maximum Gasteiger partial charge on any atom is 0.339 e. The topological polar surface area (TPSA) is 66.0 Å². The molecule has 0 bridgehead atoms. The minimum absolute atomic E-state index is 0.402. The number of urea groups is 1. The van der Waals surface area contributed by atoms with E-state index >= 15 is 0 Å². The number of carbonyl (C=O) groups excluding carboxylic acids is 1. The second kappa shape index (κ2) is 9.32. The van der Waals surface area contributed by atoms with Gasteiger partial charge in [-0.05, 0) is 38.1 Å². The third-order valence-corrected chi connectivity index (χ3v) is 3.75. The molecule has 0 spiro atoms. The molecule has 2 aromatic rings. The third-order valence-electron chi connectivity index (χ3n) is 3.75. The highest BCUT2D eigenvalue weighted by atomic mass is 16.5. The molecule has 0 saturated carbocycles. The lowest BCUT2D eigenvalue weighted by atomic mass is 10.2. The average Bonchev–Trinajstić information content (AvgIpc) is 2.64. The van der Waals surface area contributed by atoms with Crippen molar-refractivity contribution in [2.45, 2.75) is 13.8 Å². The summed E-state index contributed by atoms with van der Waals surface area (Å²) >= 11 is 0. The average molecular weight is 340 g/mol. The highest BCUT2D eigenvalue weighted by Gasteiger charge is 2.07. The van der Waals surface area contributed by atoms with Crippen LogP contribution in [0.15, 0.2) is 53.6 Å². The molecule has 0 radical (unpaired) electrons. The molecule has 2 aromatic carbocycles. The molecule has 0 aliphatic rings. The Morgan fingerprint density at radius 3 is 2.52 bits per heavy atom. The van der Waals surface area contributed by atoms with Crippen molar-refractivity contribution in [2.24, 2.45) is 5.10 Å². The van der Waals surface area contributed by atoms with Crippen LogP contribution in [-0.4, -0.2) is 32.4 Å². The number of hydrogen-bond acceptors (Lipinski definition) is 4. The van der Waals surface area contributed by atoms with E-state index in [4.69, 9.17) is 4.74 Å². The Morgan fingerprint density at radius 1 is 1.16 bits per heavy atom. The first-order chi connectivity index (χ1) is 12.2. The second-order valence-electron chi connectivity index (χ2n) is 5.29. The van der Waals surface area contributed by atoms with E-state index in [-0.39, 0.29) is 0 Å². The summed E-state index contributed by atoms with van der Waals surface area (Å²) in [6, 6.07) is 14.7. The van der Waals surface area contributed by atoms with Crippen LogP contribution in [-0.2, 0) is 0 Å². The summed E-state index contributed by atoms with van der Waals surface area (Å²) in [5.74, 6) is 0.707. The quantitative estimate of drug-likeness (QED) is 0.597. The van der Waals surface area contributed by atoms with E-state index in [0.717, 1.165) is 24.3 Å². The molecule has 6 heteroatoms. The van der Waals surface area contributed by atoms with Gasteiger partial charge in [0.2, 0.25) is 0 Å². The SMILES string of the molecule is CCN(CC)c1ccc(/C=N/NC(=O)Nc2ccccc2)c(OC)c1. The Balaban J connectivity index is 2.01. The summed E-state index contributed by atoms with van der Waals surface area (Å²) in [7, 11) is 1.62. The Hall–Kier alpha value is -3.02. The van der Waals surface area contributed by atoms with E-state index in [1.807, 2.05) is 36.4 Å². The number of methoxy groups -OCH3 is 1. The Kier molecular flexibility index (Phi) is 6.83. The number of anilines is 2. The van der Waals surface area contributed by atoms with Crippen LogP contribution in [0.4, 0.5) is 16.2 Å². The molecule has 132 valence electrons. The molecular weight excluding hydrogens is 316 g/mol. The number of rotatable bonds is 7. The van der Waals surface area contributed by atoms with E-state index in [2.05, 4.69) is 34.6 Å². The molecule has 0 saturated heterocycles. The lowest BCUT2D eigenvalue weighted by Gasteiger charge is -2.21. The zero-order chi connectivity index (χ0) is 18.1. The van der Waals surface area contributed by atoms with Gasteiger partial charge in [0, 0.05) is 36.1 Å². The lowest BCUT2D eigenvalue weighted by Crippen LogP contribution is -2.24. The first kappa shape index (κ1) is 18.3. The van der Waals surface area contributed by atoms with Crippen molar-refractivity contribution in [3.05, 3.63) is 54.1 Å². The van der Waals surface area contributed by atoms with Gasteiger partial charge in [-0.1, -0.05) is 18.2 Å². The lowest BCUT2D eigenvalue weighted by molar-refractivity contribution is 0.252.